The third kappa shape index (κ3) is 2.21. The van der Waals surface area contributed by atoms with Crippen molar-refractivity contribution in [2.45, 2.75) is 6.92 Å². The van der Waals surface area contributed by atoms with Crippen molar-refractivity contribution in [3.05, 3.63) is 53.6 Å². The molecule has 20 heavy (non-hydrogen) atoms. The van der Waals surface area contributed by atoms with Crippen LogP contribution in [0.5, 0.6) is 0 Å². The van der Waals surface area contributed by atoms with Gasteiger partial charge in [-0.1, -0.05) is 18.2 Å². The van der Waals surface area contributed by atoms with E-state index in [4.69, 9.17) is 9.52 Å². The number of nitrogens with one attached hydrogen (secondary N) is 1. The van der Waals surface area contributed by atoms with E-state index in [1.54, 1.807) is 6.07 Å². The van der Waals surface area contributed by atoms with Crippen LogP contribution < -0.4 is 5.32 Å². The Labute approximate surface area is 114 Å². The number of rotatable bonds is 3. The third-order valence-electron chi connectivity index (χ3n) is 3.02. The zero-order chi connectivity index (χ0) is 14.1. The Morgan fingerprint density at radius 1 is 1.25 bits per heavy atom. The number of benzene rings is 2. The van der Waals surface area contributed by atoms with Crippen molar-refractivity contribution in [3.63, 3.8) is 0 Å². The largest absolute Gasteiger partial charge is 0.478 e. The number of carbonyl (C=O) groups is 1. The van der Waals surface area contributed by atoms with Gasteiger partial charge in [0.05, 0.1) is 5.56 Å². The number of hydrogen-bond acceptors (Lipinski definition) is 4. The fourth-order valence-electron chi connectivity index (χ4n) is 1.94. The number of nitrogens with zero attached hydrogens (tertiary/aromatic N) is 1. The van der Waals surface area contributed by atoms with Gasteiger partial charge in [0.1, 0.15) is 5.52 Å². The molecule has 0 saturated carbocycles. The van der Waals surface area contributed by atoms with E-state index in [-0.39, 0.29) is 5.56 Å². The Bertz CT molecular complexity index is 793. The van der Waals surface area contributed by atoms with E-state index < -0.39 is 5.97 Å². The van der Waals surface area contributed by atoms with Crippen LogP contribution >= 0.6 is 0 Å². The molecular formula is C15H12N2O3. The summed E-state index contributed by atoms with van der Waals surface area (Å²) in [5.41, 5.74) is 3.21. The first-order valence-corrected chi connectivity index (χ1v) is 6.10. The maximum Gasteiger partial charge on any atom is 0.335 e. The Hall–Kier alpha value is -2.82. The predicted octanol–water partition coefficient (Wildman–Crippen LogP) is 3.58. The van der Waals surface area contributed by atoms with E-state index in [2.05, 4.69) is 10.3 Å². The molecule has 1 heterocycles. The quantitative estimate of drug-likeness (QED) is 0.759. The van der Waals surface area contributed by atoms with Crippen molar-refractivity contribution in [1.29, 1.82) is 0 Å². The van der Waals surface area contributed by atoms with E-state index in [9.17, 15) is 4.79 Å². The van der Waals surface area contributed by atoms with Crippen molar-refractivity contribution >= 4 is 28.8 Å². The number of carboxylic acids is 1. The molecule has 0 unspecified atom stereocenters. The number of oxazole rings is 1. The number of fused-ring (bicyclic) bond motifs is 1. The van der Waals surface area contributed by atoms with E-state index in [1.807, 2.05) is 31.2 Å². The standard InChI is InChI=1S/C15H12N2O3/c1-9-4-2-3-5-11(9)16-15-17-12-7-6-10(14(18)19)8-13(12)20-15/h2-8H,1H3,(H,16,17)(H,18,19). The molecule has 0 radical (unpaired) electrons. The highest BCUT2D eigenvalue weighted by atomic mass is 16.4. The molecule has 1 aromatic heterocycles. The van der Waals surface area contributed by atoms with Crippen LogP contribution in [0.1, 0.15) is 15.9 Å². The first-order chi connectivity index (χ1) is 9.63. The molecule has 0 aliphatic heterocycles. The van der Waals surface area contributed by atoms with Crippen molar-refractivity contribution in [3.8, 4) is 0 Å². The molecule has 0 aliphatic rings. The molecule has 3 rings (SSSR count). The third-order valence-corrected chi connectivity index (χ3v) is 3.02. The predicted molar refractivity (Wildman–Crippen MR) is 75.4 cm³/mol. The molecule has 0 aliphatic carbocycles. The van der Waals surface area contributed by atoms with Gasteiger partial charge in [-0.25, -0.2) is 4.79 Å². The van der Waals surface area contributed by atoms with Crippen LogP contribution in [0.4, 0.5) is 11.7 Å². The van der Waals surface area contributed by atoms with Crippen LogP contribution in [0.15, 0.2) is 46.9 Å². The molecule has 0 spiro atoms. The molecule has 0 bridgehead atoms. The summed E-state index contributed by atoms with van der Waals surface area (Å²) in [6.07, 6.45) is 0. The highest BCUT2D eigenvalue weighted by molar-refractivity contribution is 5.92. The molecule has 0 saturated heterocycles. The van der Waals surface area contributed by atoms with E-state index >= 15 is 0 Å². The Balaban J connectivity index is 1.97. The lowest BCUT2D eigenvalue weighted by atomic mass is 10.2. The van der Waals surface area contributed by atoms with Gasteiger partial charge in [-0.3, -0.25) is 0 Å². The van der Waals surface area contributed by atoms with E-state index in [0.29, 0.717) is 17.1 Å². The molecule has 100 valence electrons. The molecule has 0 fully saturated rings. The number of aromatic nitrogens is 1. The van der Waals surface area contributed by atoms with Crippen molar-refractivity contribution in [2.24, 2.45) is 0 Å². The van der Waals surface area contributed by atoms with Gasteiger partial charge in [0.15, 0.2) is 5.58 Å². The molecule has 0 atom stereocenters. The van der Waals surface area contributed by atoms with Crippen LogP contribution in [-0.4, -0.2) is 16.1 Å². The van der Waals surface area contributed by atoms with E-state index in [1.165, 1.54) is 12.1 Å². The van der Waals surface area contributed by atoms with Gasteiger partial charge < -0.3 is 14.8 Å². The molecular weight excluding hydrogens is 256 g/mol. The SMILES string of the molecule is Cc1ccccc1Nc1nc2ccc(C(=O)O)cc2o1. The number of anilines is 2. The second-order valence-electron chi connectivity index (χ2n) is 4.45. The molecule has 2 N–H and O–H groups in total. The fourth-order valence-corrected chi connectivity index (χ4v) is 1.94. The van der Waals surface area contributed by atoms with Crippen LogP contribution in [-0.2, 0) is 0 Å². The van der Waals surface area contributed by atoms with Crippen molar-refractivity contribution in [1.82, 2.24) is 4.98 Å². The van der Waals surface area contributed by atoms with Gasteiger partial charge in [-0.15, -0.1) is 0 Å². The Morgan fingerprint density at radius 2 is 2.05 bits per heavy atom. The van der Waals surface area contributed by atoms with Gasteiger partial charge in [0.25, 0.3) is 6.01 Å². The van der Waals surface area contributed by atoms with Crippen LogP contribution in [0, 0.1) is 6.92 Å². The molecule has 5 heteroatoms. The summed E-state index contributed by atoms with van der Waals surface area (Å²) >= 11 is 0. The summed E-state index contributed by atoms with van der Waals surface area (Å²) in [6, 6.07) is 12.7. The highest BCUT2D eigenvalue weighted by Crippen LogP contribution is 2.24. The van der Waals surface area contributed by atoms with Gasteiger partial charge >= 0.3 is 5.97 Å². The summed E-state index contributed by atoms with van der Waals surface area (Å²) in [5, 5.41) is 12.0. The average molecular weight is 268 g/mol. The normalized spacial score (nSPS) is 10.7. The lowest BCUT2D eigenvalue weighted by molar-refractivity contribution is 0.0697. The second-order valence-corrected chi connectivity index (χ2v) is 4.45. The Kier molecular flexibility index (Phi) is 2.87. The maximum atomic E-state index is 10.9. The first-order valence-electron chi connectivity index (χ1n) is 6.10. The smallest absolute Gasteiger partial charge is 0.335 e. The molecule has 0 amide bonds. The van der Waals surface area contributed by atoms with Gasteiger partial charge in [0, 0.05) is 5.69 Å². The monoisotopic (exact) mass is 268 g/mol. The maximum absolute atomic E-state index is 10.9. The number of aromatic carboxylic acids is 1. The zero-order valence-electron chi connectivity index (χ0n) is 10.8. The van der Waals surface area contributed by atoms with Crippen LogP contribution in [0.25, 0.3) is 11.1 Å². The van der Waals surface area contributed by atoms with E-state index in [0.717, 1.165) is 11.3 Å². The molecule has 5 nitrogen and oxygen atoms in total. The number of aryl methyl sites for hydroxylation is 1. The van der Waals surface area contributed by atoms with Gasteiger partial charge in [-0.05, 0) is 36.8 Å². The minimum Gasteiger partial charge on any atom is -0.478 e. The topological polar surface area (TPSA) is 75.4 Å². The summed E-state index contributed by atoms with van der Waals surface area (Å²) < 4.78 is 5.53. The summed E-state index contributed by atoms with van der Waals surface area (Å²) in [5.74, 6) is -0.989. The number of hydrogen-bond donors (Lipinski definition) is 2. The first kappa shape index (κ1) is 12.2. The van der Waals surface area contributed by atoms with Crippen molar-refractivity contribution < 1.29 is 14.3 Å². The molecule has 2 aromatic carbocycles. The van der Waals surface area contributed by atoms with Crippen LogP contribution in [0.2, 0.25) is 0 Å². The fraction of sp³-hybridized carbons (Fsp3) is 0.0667. The van der Waals surface area contributed by atoms with Crippen molar-refractivity contribution in [2.75, 3.05) is 5.32 Å². The lowest BCUT2D eigenvalue weighted by Crippen LogP contribution is -1.94. The summed E-state index contributed by atoms with van der Waals surface area (Å²) in [4.78, 5) is 15.2. The molecule has 3 aromatic rings. The average Bonchev–Trinajstić information content (AvgIpc) is 2.82. The van der Waals surface area contributed by atoms with Gasteiger partial charge in [0.2, 0.25) is 0 Å². The number of para-hydroxylation sites is 1. The lowest BCUT2D eigenvalue weighted by Gasteiger charge is -2.04. The Morgan fingerprint density at radius 3 is 2.80 bits per heavy atom. The van der Waals surface area contributed by atoms with Crippen LogP contribution in [0.3, 0.4) is 0 Å². The summed E-state index contributed by atoms with van der Waals surface area (Å²) in [6.45, 7) is 1.98. The summed E-state index contributed by atoms with van der Waals surface area (Å²) in [7, 11) is 0. The number of carboxylic acid groups (broad SMARTS) is 1. The zero-order valence-corrected chi connectivity index (χ0v) is 10.8. The highest BCUT2D eigenvalue weighted by Gasteiger charge is 2.10. The van der Waals surface area contributed by atoms with Gasteiger partial charge in [-0.2, -0.15) is 4.98 Å². The minimum atomic E-state index is -0.989. The second kappa shape index (κ2) is 4.70. The minimum absolute atomic E-state index is 0.177.